The second kappa shape index (κ2) is 5.78. The van der Waals surface area contributed by atoms with E-state index < -0.39 is 0 Å². The minimum absolute atomic E-state index is 0.390. The van der Waals surface area contributed by atoms with E-state index in [4.69, 9.17) is 0 Å². The quantitative estimate of drug-likeness (QED) is 0.730. The Morgan fingerprint density at radius 1 is 1.05 bits per heavy atom. The number of thiophene rings is 1. The van der Waals surface area contributed by atoms with Crippen molar-refractivity contribution >= 4 is 22.1 Å². The third kappa shape index (κ3) is 2.77. The van der Waals surface area contributed by atoms with Gasteiger partial charge in [-0.05, 0) is 53.7 Å². The first kappa shape index (κ1) is 13.3. The summed E-state index contributed by atoms with van der Waals surface area (Å²) in [5.74, 6) is 0. The van der Waals surface area contributed by atoms with Gasteiger partial charge in [0.25, 0.3) is 0 Å². The van der Waals surface area contributed by atoms with Crippen LogP contribution < -0.4 is 5.32 Å². The van der Waals surface area contributed by atoms with Crippen LogP contribution >= 0.6 is 11.3 Å². The highest BCUT2D eigenvalue weighted by atomic mass is 32.1. The first-order valence-corrected chi connectivity index (χ1v) is 7.84. The summed E-state index contributed by atoms with van der Waals surface area (Å²) in [5, 5.41) is 8.33. The molecule has 1 nitrogen and oxygen atoms in total. The van der Waals surface area contributed by atoms with E-state index in [-0.39, 0.29) is 0 Å². The van der Waals surface area contributed by atoms with Crippen LogP contribution in [0.25, 0.3) is 10.8 Å². The molecule has 102 valence electrons. The molecule has 0 aliphatic heterocycles. The SMILES string of the molecule is CNC(Cc1ccc2ccccc2c1)c1csc(C)c1. The number of nitrogens with one attached hydrogen (secondary N) is 1. The van der Waals surface area contributed by atoms with E-state index in [9.17, 15) is 0 Å². The smallest absolute Gasteiger partial charge is 0.0366 e. The van der Waals surface area contributed by atoms with Gasteiger partial charge in [0.2, 0.25) is 0 Å². The van der Waals surface area contributed by atoms with Crippen molar-refractivity contribution in [2.45, 2.75) is 19.4 Å². The van der Waals surface area contributed by atoms with Gasteiger partial charge >= 0.3 is 0 Å². The molecule has 1 unspecified atom stereocenters. The van der Waals surface area contributed by atoms with Gasteiger partial charge in [0.1, 0.15) is 0 Å². The number of aryl methyl sites for hydroxylation is 1. The van der Waals surface area contributed by atoms with Crippen LogP contribution in [0.5, 0.6) is 0 Å². The van der Waals surface area contributed by atoms with Crippen molar-refractivity contribution in [3.63, 3.8) is 0 Å². The molecule has 0 aliphatic carbocycles. The molecule has 0 fully saturated rings. The lowest BCUT2D eigenvalue weighted by Gasteiger charge is -2.15. The van der Waals surface area contributed by atoms with Gasteiger partial charge in [-0.2, -0.15) is 0 Å². The van der Waals surface area contributed by atoms with E-state index in [0.717, 1.165) is 6.42 Å². The largest absolute Gasteiger partial charge is 0.313 e. The van der Waals surface area contributed by atoms with E-state index in [1.165, 1.54) is 26.8 Å². The first-order valence-electron chi connectivity index (χ1n) is 6.96. The van der Waals surface area contributed by atoms with Crippen LogP contribution in [0.4, 0.5) is 0 Å². The van der Waals surface area contributed by atoms with Crippen molar-refractivity contribution in [1.82, 2.24) is 5.32 Å². The van der Waals surface area contributed by atoms with Gasteiger partial charge in [0.05, 0.1) is 0 Å². The Bertz CT molecular complexity index is 714. The van der Waals surface area contributed by atoms with Gasteiger partial charge < -0.3 is 5.32 Å². The Morgan fingerprint density at radius 2 is 1.85 bits per heavy atom. The normalized spacial score (nSPS) is 12.7. The Kier molecular flexibility index (Phi) is 3.86. The predicted octanol–water partition coefficient (Wildman–Crippen LogP) is 4.71. The third-order valence-electron chi connectivity index (χ3n) is 3.76. The Labute approximate surface area is 124 Å². The molecule has 0 spiro atoms. The lowest BCUT2D eigenvalue weighted by atomic mass is 9.98. The molecule has 0 amide bonds. The summed E-state index contributed by atoms with van der Waals surface area (Å²) in [6, 6.07) is 18.0. The Morgan fingerprint density at radius 3 is 2.55 bits per heavy atom. The second-order valence-electron chi connectivity index (χ2n) is 5.22. The maximum absolute atomic E-state index is 3.43. The van der Waals surface area contributed by atoms with Crippen molar-refractivity contribution in [2.75, 3.05) is 7.05 Å². The molecular weight excluding hydrogens is 262 g/mol. The summed E-state index contributed by atoms with van der Waals surface area (Å²) in [7, 11) is 2.04. The number of likely N-dealkylation sites (N-methyl/N-ethyl adjacent to an activating group) is 1. The van der Waals surface area contributed by atoms with Gasteiger partial charge in [0.15, 0.2) is 0 Å². The molecule has 2 heteroatoms. The standard InChI is InChI=1S/C18H19NS/c1-13-9-17(12-20-13)18(19-2)11-14-7-8-15-5-3-4-6-16(15)10-14/h3-10,12,18-19H,11H2,1-2H3. The van der Waals surface area contributed by atoms with Crippen LogP contribution in [0.2, 0.25) is 0 Å². The number of fused-ring (bicyclic) bond motifs is 1. The van der Waals surface area contributed by atoms with E-state index in [1.807, 2.05) is 18.4 Å². The highest BCUT2D eigenvalue weighted by Crippen LogP contribution is 2.25. The Hall–Kier alpha value is -1.64. The lowest BCUT2D eigenvalue weighted by molar-refractivity contribution is 0.594. The number of hydrogen-bond acceptors (Lipinski definition) is 2. The van der Waals surface area contributed by atoms with Crippen molar-refractivity contribution in [3.05, 3.63) is 69.9 Å². The molecule has 1 aromatic heterocycles. The van der Waals surface area contributed by atoms with Gasteiger partial charge in [-0.1, -0.05) is 42.5 Å². The molecule has 3 aromatic rings. The molecule has 3 rings (SSSR count). The maximum atomic E-state index is 3.43. The van der Waals surface area contributed by atoms with Crippen molar-refractivity contribution in [2.24, 2.45) is 0 Å². The van der Waals surface area contributed by atoms with Crippen LogP contribution in [0, 0.1) is 6.92 Å². The van der Waals surface area contributed by atoms with Gasteiger partial charge in [-0.3, -0.25) is 0 Å². The molecule has 1 heterocycles. The molecule has 0 saturated carbocycles. The minimum atomic E-state index is 0.390. The molecule has 0 radical (unpaired) electrons. The fourth-order valence-electron chi connectivity index (χ4n) is 2.63. The summed E-state index contributed by atoms with van der Waals surface area (Å²) in [4.78, 5) is 1.37. The number of rotatable bonds is 4. The molecule has 2 aromatic carbocycles. The van der Waals surface area contributed by atoms with E-state index in [2.05, 4.69) is 66.2 Å². The summed E-state index contributed by atoms with van der Waals surface area (Å²) >= 11 is 1.82. The Balaban J connectivity index is 1.87. The molecule has 1 atom stereocenters. The van der Waals surface area contributed by atoms with Crippen LogP contribution in [0.3, 0.4) is 0 Å². The maximum Gasteiger partial charge on any atom is 0.0366 e. The third-order valence-corrected chi connectivity index (χ3v) is 4.64. The number of benzene rings is 2. The summed E-state index contributed by atoms with van der Waals surface area (Å²) in [6.07, 6.45) is 1.03. The zero-order chi connectivity index (χ0) is 13.9. The second-order valence-corrected chi connectivity index (χ2v) is 6.33. The molecular formula is C18H19NS. The zero-order valence-corrected chi connectivity index (χ0v) is 12.7. The summed E-state index contributed by atoms with van der Waals surface area (Å²) < 4.78 is 0. The molecule has 0 saturated heterocycles. The lowest BCUT2D eigenvalue weighted by Crippen LogP contribution is -2.18. The monoisotopic (exact) mass is 281 g/mol. The molecule has 1 N–H and O–H groups in total. The van der Waals surface area contributed by atoms with E-state index in [0.29, 0.717) is 6.04 Å². The summed E-state index contributed by atoms with van der Waals surface area (Å²) in [5.41, 5.74) is 2.77. The van der Waals surface area contributed by atoms with Gasteiger partial charge in [-0.25, -0.2) is 0 Å². The predicted molar refractivity (Wildman–Crippen MR) is 88.5 cm³/mol. The minimum Gasteiger partial charge on any atom is -0.313 e. The first-order chi connectivity index (χ1) is 9.76. The van der Waals surface area contributed by atoms with Crippen LogP contribution in [-0.2, 0) is 6.42 Å². The van der Waals surface area contributed by atoms with Crippen molar-refractivity contribution in [1.29, 1.82) is 0 Å². The highest BCUT2D eigenvalue weighted by Gasteiger charge is 2.11. The highest BCUT2D eigenvalue weighted by molar-refractivity contribution is 7.10. The zero-order valence-electron chi connectivity index (χ0n) is 11.9. The number of hydrogen-bond donors (Lipinski definition) is 1. The van der Waals surface area contributed by atoms with Gasteiger partial charge in [0, 0.05) is 10.9 Å². The van der Waals surface area contributed by atoms with Crippen LogP contribution in [-0.4, -0.2) is 7.05 Å². The van der Waals surface area contributed by atoms with E-state index in [1.54, 1.807) is 0 Å². The average Bonchev–Trinajstić information content (AvgIpc) is 2.91. The van der Waals surface area contributed by atoms with Gasteiger partial charge in [-0.15, -0.1) is 11.3 Å². The molecule has 20 heavy (non-hydrogen) atoms. The van der Waals surface area contributed by atoms with Crippen LogP contribution in [0.15, 0.2) is 53.9 Å². The fourth-order valence-corrected chi connectivity index (χ4v) is 3.39. The fraction of sp³-hybridized carbons (Fsp3) is 0.222. The van der Waals surface area contributed by atoms with Crippen molar-refractivity contribution in [3.8, 4) is 0 Å². The summed E-state index contributed by atoms with van der Waals surface area (Å²) in [6.45, 7) is 2.16. The topological polar surface area (TPSA) is 12.0 Å². The molecule has 0 aliphatic rings. The van der Waals surface area contributed by atoms with E-state index >= 15 is 0 Å². The van der Waals surface area contributed by atoms with Crippen LogP contribution in [0.1, 0.15) is 22.0 Å². The molecule has 0 bridgehead atoms. The van der Waals surface area contributed by atoms with Crippen molar-refractivity contribution < 1.29 is 0 Å². The average molecular weight is 281 g/mol.